The van der Waals surface area contributed by atoms with Crippen molar-refractivity contribution in [3.8, 4) is 5.75 Å². The number of ether oxygens (including phenoxy) is 1. The number of halogens is 2. The van der Waals surface area contributed by atoms with Crippen molar-refractivity contribution in [2.24, 2.45) is 0 Å². The van der Waals surface area contributed by atoms with Crippen molar-refractivity contribution < 1.29 is 24.1 Å². The van der Waals surface area contributed by atoms with E-state index in [1.165, 1.54) is 12.1 Å². The molecule has 0 saturated carbocycles. The van der Waals surface area contributed by atoms with Crippen LogP contribution in [0.5, 0.6) is 5.75 Å². The van der Waals surface area contributed by atoms with Gasteiger partial charge in [0.15, 0.2) is 5.60 Å². The fraction of sp³-hybridized carbons (Fsp3) is 0.300. The van der Waals surface area contributed by atoms with E-state index in [2.05, 4.69) is 15.9 Å². The molecule has 0 heterocycles. The summed E-state index contributed by atoms with van der Waals surface area (Å²) in [5.41, 5.74) is -2.00. The van der Waals surface area contributed by atoms with Crippen molar-refractivity contribution in [3.05, 3.63) is 28.5 Å². The van der Waals surface area contributed by atoms with Crippen LogP contribution in [0.2, 0.25) is 0 Å². The third-order valence-electron chi connectivity index (χ3n) is 1.87. The first-order valence-corrected chi connectivity index (χ1v) is 5.16. The smallest absolute Gasteiger partial charge is 0.339 e. The Balaban J connectivity index is 2.68. The second-order valence-corrected chi connectivity index (χ2v) is 4.30. The largest absolute Gasteiger partial charge is 0.490 e. The normalized spacial score (nSPS) is 14.2. The number of carbonyl (C=O) groups is 1. The zero-order chi connectivity index (χ0) is 12.3. The van der Waals surface area contributed by atoms with Crippen LogP contribution in [0, 0.1) is 5.82 Å². The first kappa shape index (κ1) is 12.9. The molecular weight excluding hydrogens is 283 g/mol. The Hall–Kier alpha value is -1.14. The molecule has 0 bridgehead atoms. The number of carboxylic acids is 1. The Morgan fingerprint density at radius 1 is 1.62 bits per heavy atom. The van der Waals surface area contributed by atoms with Gasteiger partial charge in [-0.3, -0.25) is 0 Å². The number of benzene rings is 1. The van der Waals surface area contributed by atoms with Gasteiger partial charge in [0.2, 0.25) is 0 Å². The molecule has 0 saturated heterocycles. The Morgan fingerprint density at radius 2 is 2.25 bits per heavy atom. The van der Waals surface area contributed by atoms with E-state index in [9.17, 15) is 14.3 Å². The molecule has 0 aliphatic rings. The first-order chi connectivity index (χ1) is 7.33. The fourth-order valence-electron chi connectivity index (χ4n) is 0.852. The van der Waals surface area contributed by atoms with Gasteiger partial charge in [-0.15, -0.1) is 0 Å². The molecule has 0 aromatic heterocycles. The van der Waals surface area contributed by atoms with Gasteiger partial charge in [0.1, 0.15) is 18.2 Å². The highest BCUT2D eigenvalue weighted by molar-refractivity contribution is 9.10. The standard InChI is InChI=1S/C10H10BrFO4/c1-10(15,9(13)14)5-16-6-2-3-7(11)8(12)4-6/h2-4,15H,5H2,1H3,(H,13,14). The van der Waals surface area contributed by atoms with Gasteiger partial charge in [-0.2, -0.15) is 0 Å². The Bertz CT molecular complexity index is 406. The monoisotopic (exact) mass is 292 g/mol. The molecule has 4 nitrogen and oxygen atoms in total. The zero-order valence-corrected chi connectivity index (χ0v) is 9.99. The molecule has 1 aromatic rings. The van der Waals surface area contributed by atoms with Crippen molar-refractivity contribution in [1.29, 1.82) is 0 Å². The van der Waals surface area contributed by atoms with E-state index in [1.807, 2.05) is 0 Å². The van der Waals surface area contributed by atoms with Gasteiger partial charge in [0, 0.05) is 6.07 Å². The van der Waals surface area contributed by atoms with Gasteiger partial charge >= 0.3 is 5.97 Å². The zero-order valence-electron chi connectivity index (χ0n) is 8.41. The summed E-state index contributed by atoms with van der Waals surface area (Å²) in [5, 5.41) is 18.0. The molecule has 1 rings (SSSR count). The molecule has 0 radical (unpaired) electrons. The highest BCUT2D eigenvalue weighted by Crippen LogP contribution is 2.21. The number of carboxylic acid groups (broad SMARTS) is 1. The van der Waals surface area contributed by atoms with Crippen LogP contribution in [0.4, 0.5) is 4.39 Å². The fourth-order valence-corrected chi connectivity index (χ4v) is 1.10. The first-order valence-electron chi connectivity index (χ1n) is 4.36. The van der Waals surface area contributed by atoms with E-state index in [-0.39, 0.29) is 10.2 Å². The van der Waals surface area contributed by atoms with Gasteiger partial charge in [-0.1, -0.05) is 0 Å². The van der Waals surface area contributed by atoms with Crippen LogP contribution in [0.3, 0.4) is 0 Å². The maximum Gasteiger partial charge on any atom is 0.339 e. The molecule has 0 spiro atoms. The SMILES string of the molecule is CC(O)(COc1ccc(Br)c(F)c1)C(=O)O. The third-order valence-corrected chi connectivity index (χ3v) is 2.51. The molecule has 0 aliphatic carbocycles. The average Bonchev–Trinajstić information content (AvgIpc) is 2.20. The van der Waals surface area contributed by atoms with Crippen LogP contribution in [0.15, 0.2) is 22.7 Å². The molecular formula is C10H10BrFO4. The maximum atomic E-state index is 13.1. The summed E-state index contributed by atoms with van der Waals surface area (Å²) in [5.74, 6) is -1.76. The van der Waals surface area contributed by atoms with E-state index >= 15 is 0 Å². The predicted molar refractivity (Wildman–Crippen MR) is 57.9 cm³/mol. The van der Waals surface area contributed by atoms with Crippen LogP contribution >= 0.6 is 15.9 Å². The molecule has 2 N–H and O–H groups in total. The van der Waals surface area contributed by atoms with Crippen LogP contribution in [0.25, 0.3) is 0 Å². The molecule has 0 fully saturated rings. The van der Waals surface area contributed by atoms with E-state index in [4.69, 9.17) is 9.84 Å². The van der Waals surface area contributed by atoms with Gasteiger partial charge in [0.05, 0.1) is 4.47 Å². The van der Waals surface area contributed by atoms with E-state index in [0.29, 0.717) is 0 Å². The Kier molecular flexibility index (Phi) is 3.88. The van der Waals surface area contributed by atoms with E-state index in [0.717, 1.165) is 13.0 Å². The summed E-state index contributed by atoms with van der Waals surface area (Å²) in [6, 6.07) is 3.99. The molecule has 1 atom stereocenters. The summed E-state index contributed by atoms with van der Waals surface area (Å²) < 4.78 is 18.3. The number of hydrogen-bond donors (Lipinski definition) is 2. The van der Waals surface area contributed by atoms with Crippen molar-refractivity contribution in [2.75, 3.05) is 6.61 Å². The average molecular weight is 293 g/mol. The lowest BCUT2D eigenvalue weighted by Gasteiger charge is -2.18. The van der Waals surface area contributed by atoms with Crippen molar-refractivity contribution >= 4 is 21.9 Å². The molecule has 1 aromatic carbocycles. The lowest BCUT2D eigenvalue weighted by Crippen LogP contribution is -2.41. The van der Waals surface area contributed by atoms with E-state index in [1.54, 1.807) is 0 Å². The summed E-state index contributed by atoms with van der Waals surface area (Å²) in [6.07, 6.45) is 0. The molecule has 1 unspecified atom stereocenters. The van der Waals surface area contributed by atoms with Gasteiger partial charge in [-0.05, 0) is 35.0 Å². The molecule has 88 valence electrons. The van der Waals surface area contributed by atoms with Crippen molar-refractivity contribution in [2.45, 2.75) is 12.5 Å². The highest BCUT2D eigenvalue weighted by Gasteiger charge is 2.30. The number of hydrogen-bond acceptors (Lipinski definition) is 3. The van der Waals surface area contributed by atoms with Crippen molar-refractivity contribution in [1.82, 2.24) is 0 Å². The topological polar surface area (TPSA) is 66.8 Å². The van der Waals surface area contributed by atoms with Crippen molar-refractivity contribution in [3.63, 3.8) is 0 Å². The molecule has 16 heavy (non-hydrogen) atoms. The van der Waals surface area contributed by atoms with Crippen LogP contribution in [-0.4, -0.2) is 28.4 Å². The summed E-state index contributed by atoms with van der Waals surface area (Å²) in [4.78, 5) is 10.6. The lowest BCUT2D eigenvalue weighted by molar-refractivity contribution is -0.159. The molecule has 0 amide bonds. The van der Waals surface area contributed by atoms with Gasteiger partial charge < -0.3 is 14.9 Å². The highest BCUT2D eigenvalue weighted by atomic mass is 79.9. The lowest BCUT2D eigenvalue weighted by atomic mass is 10.1. The number of aliphatic hydroxyl groups is 1. The third kappa shape index (κ3) is 3.18. The summed E-state index contributed by atoms with van der Waals surface area (Å²) >= 11 is 2.97. The summed E-state index contributed by atoms with van der Waals surface area (Å²) in [7, 11) is 0. The number of aliphatic carboxylic acids is 1. The quantitative estimate of drug-likeness (QED) is 0.888. The minimum atomic E-state index is -2.00. The Labute approximate surface area is 99.8 Å². The molecule has 0 aliphatic heterocycles. The molecule has 6 heteroatoms. The van der Waals surface area contributed by atoms with Gasteiger partial charge in [-0.25, -0.2) is 9.18 Å². The van der Waals surface area contributed by atoms with E-state index < -0.39 is 24.0 Å². The van der Waals surface area contributed by atoms with Crippen LogP contribution < -0.4 is 4.74 Å². The van der Waals surface area contributed by atoms with Gasteiger partial charge in [0.25, 0.3) is 0 Å². The minimum Gasteiger partial charge on any atom is -0.490 e. The Morgan fingerprint density at radius 3 is 2.75 bits per heavy atom. The second-order valence-electron chi connectivity index (χ2n) is 3.44. The van der Waals surface area contributed by atoms with Crippen LogP contribution in [0.1, 0.15) is 6.92 Å². The second kappa shape index (κ2) is 4.80. The maximum absolute atomic E-state index is 13.1. The van der Waals surface area contributed by atoms with Crippen LogP contribution in [-0.2, 0) is 4.79 Å². The number of rotatable bonds is 4. The predicted octanol–water partition coefficient (Wildman–Crippen LogP) is 1.80. The minimum absolute atomic E-state index is 0.155. The summed E-state index contributed by atoms with van der Waals surface area (Å²) in [6.45, 7) is 0.647.